The van der Waals surface area contributed by atoms with Crippen LogP contribution in [0.2, 0.25) is 0 Å². The highest BCUT2D eigenvalue weighted by Crippen LogP contribution is 2.27. The van der Waals surface area contributed by atoms with Gasteiger partial charge in [-0.2, -0.15) is 4.31 Å². The van der Waals surface area contributed by atoms with Crippen LogP contribution in [-0.2, 0) is 14.8 Å². The topological polar surface area (TPSA) is 119 Å². The molecule has 1 unspecified atom stereocenters. The molecule has 1 amide bonds. The molecule has 1 saturated heterocycles. The predicted octanol–water partition coefficient (Wildman–Crippen LogP) is 1.18. The van der Waals surface area contributed by atoms with Crippen molar-refractivity contribution in [3.8, 4) is 0 Å². The molecule has 1 aromatic heterocycles. The van der Waals surface area contributed by atoms with Crippen molar-refractivity contribution in [3.63, 3.8) is 0 Å². The number of carbonyl (C=O) groups excluding carboxylic acids is 1. The van der Waals surface area contributed by atoms with Gasteiger partial charge in [0.2, 0.25) is 15.9 Å². The van der Waals surface area contributed by atoms with E-state index in [1.165, 1.54) is 4.31 Å². The molecule has 9 heteroatoms. The number of piperidine rings is 1. The first-order valence-electron chi connectivity index (χ1n) is 9.10. The third-order valence-corrected chi connectivity index (χ3v) is 6.92. The lowest BCUT2D eigenvalue weighted by Crippen LogP contribution is -2.47. The molecular weight excluding hydrogens is 356 g/mol. The minimum atomic E-state index is -3.65. The zero-order chi connectivity index (χ0) is 19.5. The molecule has 1 aromatic rings. The highest BCUT2D eigenvalue weighted by atomic mass is 32.2. The highest BCUT2D eigenvalue weighted by Gasteiger charge is 2.35. The molecule has 0 spiro atoms. The molecule has 0 radical (unpaired) electrons. The standard InChI is InChI=1S/C17H30N4O4S/c1-11(2)9-15(10-18)19-17(22)14-5-7-21(8-6-14)26(23,24)16-12(3)20-25-13(16)4/h11,14-15H,5-10,18H2,1-4H3,(H,19,22). The van der Waals surface area contributed by atoms with Crippen LogP contribution in [0.3, 0.4) is 0 Å². The lowest BCUT2D eigenvalue weighted by molar-refractivity contribution is -0.126. The summed E-state index contributed by atoms with van der Waals surface area (Å²) in [5.74, 6) is 0.524. The normalized spacial score (nSPS) is 18.2. The van der Waals surface area contributed by atoms with Gasteiger partial charge in [-0.25, -0.2) is 8.42 Å². The van der Waals surface area contributed by atoms with Crippen molar-refractivity contribution in [3.05, 3.63) is 11.5 Å². The Balaban J connectivity index is 1.97. The van der Waals surface area contributed by atoms with Gasteiger partial charge in [0.25, 0.3) is 0 Å². The van der Waals surface area contributed by atoms with Crippen LogP contribution in [-0.4, -0.2) is 49.5 Å². The van der Waals surface area contributed by atoms with Gasteiger partial charge in [0.15, 0.2) is 5.76 Å². The van der Waals surface area contributed by atoms with Crippen LogP contribution >= 0.6 is 0 Å². The van der Waals surface area contributed by atoms with Crippen LogP contribution in [0, 0.1) is 25.7 Å². The molecule has 0 aliphatic carbocycles. The number of nitrogens with zero attached hydrogens (tertiary/aromatic N) is 2. The van der Waals surface area contributed by atoms with Gasteiger partial charge >= 0.3 is 0 Å². The smallest absolute Gasteiger partial charge is 0.248 e. The summed E-state index contributed by atoms with van der Waals surface area (Å²) in [5, 5.41) is 6.74. The van der Waals surface area contributed by atoms with Crippen LogP contribution in [0.15, 0.2) is 9.42 Å². The molecule has 1 fully saturated rings. The first-order valence-corrected chi connectivity index (χ1v) is 10.5. The third-order valence-electron chi connectivity index (χ3n) is 4.78. The van der Waals surface area contributed by atoms with Crippen molar-refractivity contribution in [1.82, 2.24) is 14.8 Å². The van der Waals surface area contributed by atoms with Gasteiger partial charge in [0.05, 0.1) is 0 Å². The SMILES string of the molecule is Cc1noc(C)c1S(=O)(=O)N1CCC(C(=O)NC(CN)CC(C)C)CC1. The first-order chi connectivity index (χ1) is 12.2. The predicted molar refractivity (Wildman–Crippen MR) is 97.9 cm³/mol. The molecule has 148 valence electrons. The summed E-state index contributed by atoms with van der Waals surface area (Å²) in [6.45, 7) is 8.41. The quantitative estimate of drug-likeness (QED) is 0.726. The van der Waals surface area contributed by atoms with Gasteiger partial charge in [-0.15, -0.1) is 0 Å². The number of amides is 1. The van der Waals surface area contributed by atoms with Crippen LogP contribution < -0.4 is 11.1 Å². The average molecular weight is 387 g/mol. The molecule has 0 bridgehead atoms. The third kappa shape index (κ3) is 4.63. The Morgan fingerprint density at radius 2 is 1.96 bits per heavy atom. The Kier molecular flexibility index (Phi) is 6.81. The number of nitrogens with two attached hydrogens (primary N) is 1. The van der Waals surface area contributed by atoms with Crippen LogP contribution in [0.4, 0.5) is 0 Å². The van der Waals surface area contributed by atoms with E-state index in [1.54, 1.807) is 13.8 Å². The van der Waals surface area contributed by atoms with Crippen LogP contribution in [0.25, 0.3) is 0 Å². The summed E-state index contributed by atoms with van der Waals surface area (Å²) >= 11 is 0. The molecule has 1 aliphatic rings. The summed E-state index contributed by atoms with van der Waals surface area (Å²) in [6, 6.07) is -0.0356. The van der Waals surface area contributed by atoms with Crippen molar-refractivity contribution in [2.24, 2.45) is 17.6 Å². The summed E-state index contributed by atoms with van der Waals surface area (Å²) in [6.07, 6.45) is 1.82. The van der Waals surface area contributed by atoms with Gasteiger partial charge in [0, 0.05) is 31.6 Å². The second-order valence-electron chi connectivity index (χ2n) is 7.40. The summed E-state index contributed by atoms with van der Waals surface area (Å²) in [7, 11) is -3.65. The average Bonchev–Trinajstić information content (AvgIpc) is 2.93. The molecule has 1 atom stereocenters. The summed E-state index contributed by atoms with van der Waals surface area (Å²) in [4.78, 5) is 12.6. The first kappa shape index (κ1) is 20.9. The van der Waals surface area contributed by atoms with E-state index in [1.807, 2.05) is 0 Å². The maximum absolute atomic E-state index is 12.8. The molecule has 2 rings (SSSR count). The van der Waals surface area contributed by atoms with E-state index in [0.29, 0.717) is 49.8 Å². The summed E-state index contributed by atoms with van der Waals surface area (Å²) < 4.78 is 32.0. The molecule has 1 aliphatic heterocycles. The summed E-state index contributed by atoms with van der Waals surface area (Å²) in [5.41, 5.74) is 6.11. The van der Waals surface area contributed by atoms with Crippen molar-refractivity contribution >= 4 is 15.9 Å². The number of aryl methyl sites for hydroxylation is 2. The number of carbonyl (C=O) groups is 1. The fourth-order valence-electron chi connectivity index (χ4n) is 3.43. The van der Waals surface area contributed by atoms with E-state index < -0.39 is 10.0 Å². The number of hydrogen-bond acceptors (Lipinski definition) is 6. The minimum absolute atomic E-state index is 0.0320. The van der Waals surface area contributed by atoms with E-state index >= 15 is 0 Å². The van der Waals surface area contributed by atoms with E-state index in [0.717, 1.165) is 6.42 Å². The molecule has 3 N–H and O–H groups in total. The van der Waals surface area contributed by atoms with Gasteiger partial charge < -0.3 is 15.6 Å². The van der Waals surface area contributed by atoms with Crippen LogP contribution in [0.1, 0.15) is 44.6 Å². The maximum Gasteiger partial charge on any atom is 0.248 e. The second-order valence-corrected chi connectivity index (χ2v) is 9.28. The Hall–Kier alpha value is -1.45. The molecule has 8 nitrogen and oxygen atoms in total. The number of aromatic nitrogens is 1. The zero-order valence-electron chi connectivity index (χ0n) is 16.0. The van der Waals surface area contributed by atoms with Crippen molar-refractivity contribution in [2.45, 2.75) is 57.9 Å². The molecule has 0 saturated carbocycles. The molecular formula is C17H30N4O4S. The van der Waals surface area contributed by atoms with Crippen molar-refractivity contribution in [2.75, 3.05) is 19.6 Å². The van der Waals surface area contributed by atoms with E-state index in [-0.39, 0.29) is 22.8 Å². The van der Waals surface area contributed by atoms with Gasteiger partial charge in [0.1, 0.15) is 10.6 Å². The Morgan fingerprint density at radius 1 is 1.35 bits per heavy atom. The lowest BCUT2D eigenvalue weighted by atomic mass is 9.96. The van der Waals surface area contributed by atoms with Gasteiger partial charge in [-0.05, 0) is 39.0 Å². The zero-order valence-corrected chi connectivity index (χ0v) is 16.8. The largest absolute Gasteiger partial charge is 0.360 e. The van der Waals surface area contributed by atoms with Crippen molar-refractivity contribution < 1.29 is 17.7 Å². The Morgan fingerprint density at radius 3 is 2.42 bits per heavy atom. The minimum Gasteiger partial charge on any atom is -0.360 e. The number of sulfonamides is 1. The molecule has 2 heterocycles. The number of hydrogen-bond donors (Lipinski definition) is 2. The number of rotatable bonds is 7. The van der Waals surface area contributed by atoms with Crippen LogP contribution in [0.5, 0.6) is 0 Å². The van der Waals surface area contributed by atoms with E-state index in [4.69, 9.17) is 10.3 Å². The highest BCUT2D eigenvalue weighted by molar-refractivity contribution is 7.89. The maximum atomic E-state index is 12.8. The molecule has 26 heavy (non-hydrogen) atoms. The van der Waals surface area contributed by atoms with E-state index in [2.05, 4.69) is 24.3 Å². The number of nitrogens with one attached hydrogen (secondary N) is 1. The van der Waals surface area contributed by atoms with E-state index in [9.17, 15) is 13.2 Å². The Bertz CT molecular complexity index is 702. The fraction of sp³-hybridized carbons (Fsp3) is 0.765. The lowest BCUT2D eigenvalue weighted by Gasteiger charge is -2.31. The monoisotopic (exact) mass is 386 g/mol. The molecule has 0 aromatic carbocycles. The van der Waals surface area contributed by atoms with Gasteiger partial charge in [-0.1, -0.05) is 19.0 Å². The fourth-order valence-corrected chi connectivity index (χ4v) is 5.19. The Labute approximate surface area is 155 Å². The van der Waals surface area contributed by atoms with Gasteiger partial charge in [-0.3, -0.25) is 4.79 Å². The second kappa shape index (κ2) is 8.49. The van der Waals surface area contributed by atoms with Crippen molar-refractivity contribution in [1.29, 1.82) is 0 Å².